The van der Waals surface area contributed by atoms with Gasteiger partial charge in [0, 0.05) is 48.1 Å². The molecule has 7 nitrogen and oxygen atoms in total. The van der Waals surface area contributed by atoms with Crippen molar-refractivity contribution in [3.63, 3.8) is 0 Å². The van der Waals surface area contributed by atoms with Crippen LogP contribution in [0.1, 0.15) is 0 Å². The lowest BCUT2D eigenvalue weighted by Crippen LogP contribution is -2.05. The summed E-state index contributed by atoms with van der Waals surface area (Å²) in [5.41, 5.74) is 4.21. The van der Waals surface area contributed by atoms with Crippen LogP contribution >= 0.6 is 0 Å². The van der Waals surface area contributed by atoms with E-state index in [1.807, 2.05) is 49.5 Å². The molecule has 0 saturated heterocycles. The second-order valence-corrected chi connectivity index (χ2v) is 9.77. The molecule has 0 radical (unpaired) electrons. The number of pyridine rings is 1. The summed E-state index contributed by atoms with van der Waals surface area (Å²) in [6, 6.07) is 19.8. The maximum Gasteiger partial charge on any atom is 0.181 e. The van der Waals surface area contributed by atoms with Crippen LogP contribution in [-0.2, 0) is 18.0 Å². The molecule has 0 aliphatic heterocycles. The number of anilines is 1. The Morgan fingerprint density at radius 3 is 2.45 bits per heavy atom. The molecule has 6 aromatic rings. The molecule has 10 heteroatoms. The molecular formula is C28H19F2N5O2S. The smallest absolute Gasteiger partial charge is 0.181 e. The molecule has 1 atom stereocenters. The molecule has 3 aromatic carbocycles. The summed E-state index contributed by atoms with van der Waals surface area (Å²) in [6.45, 7) is 0. The van der Waals surface area contributed by atoms with Gasteiger partial charge in [0.15, 0.2) is 16.8 Å². The number of nitrogens with one attached hydrogen (secondary N) is 1. The Balaban J connectivity index is 1.48. The third-order valence-corrected chi connectivity index (χ3v) is 7.23. The third kappa shape index (κ3) is 4.46. The van der Waals surface area contributed by atoms with Crippen molar-refractivity contribution in [3.05, 3.63) is 103 Å². The van der Waals surface area contributed by atoms with E-state index in [4.69, 9.17) is 4.52 Å². The lowest BCUT2D eigenvalue weighted by atomic mass is 9.93. The zero-order valence-corrected chi connectivity index (χ0v) is 20.7. The Morgan fingerprint density at radius 2 is 1.71 bits per heavy atom. The van der Waals surface area contributed by atoms with Crippen molar-refractivity contribution in [1.82, 2.24) is 19.9 Å². The third-order valence-electron chi connectivity index (χ3n) is 6.15. The summed E-state index contributed by atoms with van der Waals surface area (Å²) >= 11 is 0. The summed E-state index contributed by atoms with van der Waals surface area (Å²) in [7, 11) is 0.281. The Bertz CT molecular complexity index is 1800. The summed E-state index contributed by atoms with van der Waals surface area (Å²) in [5, 5.41) is 9.74. The minimum Gasteiger partial charge on any atom is -0.363 e. The standard InChI is InChI=1S/C28H19F2N5O2S/c1-35-26(7-10-32-35)25-15-17(19-12-20(29)16-21(30)13-19)2-4-24(25)28-23-5-3-22(14-18(23)6-9-31-28)38(36)34-27-8-11-37-33-27/h2-16H,1H3,(H,33,34). The fourth-order valence-electron chi connectivity index (χ4n) is 4.41. The largest absolute Gasteiger partial charge is 0.363 e. The molecule has 1 N–H and O–H groups in total. The van der Waals surface area contributed by atoms with E-state index in [1.54, 1.807) is 29.2 Å². The molecule has 0 amide bonds. The SMILES string of the molecule is Cn1nccc1-c1cc(-c2cc(F)cc(F)c2)ccc1-c1nccc2cc(S(=O)Nc3ccon3)ccc12. The number of hydrogen-bond acceptors (Lipinski definition) is 5. The molecule has 0 aliphatic rings. The van der Waals surface area contributed by atoms with Gasteiger partial charge in [-0.25, -0.2) is 13.0 Å². The number of fused-ring (bicyclic) bond motifs is 1. The first kappa shape index (κ1) is 23.7. The molecule has 0 saturated carbocycles. The van der Waals surface area contributed by atoms with E-state index in [2.05, 4.69) is 20.0 Å². The zero-order chi connectivity index (χ0) is 26.2. The average Bonchev–Trinajstić information content (AvgIpc) is 3.58. The van der Waals surface area contributed by atoms with Gasteiger partial charge in [-0.05, 0) is 59.0 Å². The van der Waals surface area contributed by atoms with Gasteiger partial charge in [0.25, 0.3) is 0 Å². The highest BCUT2D eigenvalue weighted by molar-refractivity contribution is 7.86. The van der Waals surface area contributed by atoms with Gasteiger partial charge >= 0.3 is 0 Å². The number of hydrogen-bond donors (Lipinski definition) is 1. The second-order valence-electron chi connectivity index (χ2n) is 8.56. The molecule has 1 unspecified atom stereocenters. The van der Waals surface area contributed by atoms with Crippen molar-refractivity contribution >= 4 is 27.6 Å². The lowest BCUT2D eigenvalue weighted by molar-refractivity contribution is 0.423. The first-order valence-corrected chi connectivity index (χ1v) is 12.7. The fourth-order valence-corrected chi connectivity index (χ4v) is 5.24. The lowest BCUT2D eigenvalue weighted by Gasteiger charge is -2.15. The predicted octanol–water partition coefficient (Wildman–Crippen LogP) is 6.37. The van der Waals surface area contributed by atoms with E-state index in [9.17, 15) is 13.0 Å². The van der Waals surface area contributed by atoms with Gasteiger partial charge in [-0.2, -0.15) is 5.10 Å². The number of aryl methyl sites for hydroxylation is 1. The maximum atomic E-state index is 14.0. The predicted molar refractivity (Wildman–Crippen MR) is 141 cm³/mol. The van der Waals surface area contributed by atoms with Crippen molar-refractivity contribution in [2.75, 3.05) is 4.72 Å². The van der Waals surface area contributed by atoms with E-state index >= 15 is 0 Å². The first-order valence-electron chi connectivity index (χ1n) is 11.5. The van der Waals surface area contributed by atoms with Crippen LogP contribution in [0.4, 0.5) is 14.6 Å². The highest BCUT2D eigenvalue weighted by Gasteiger charge is 2.17. The molecule has 3 heterocycles. The number of rotatable bonds is 6. The van der Waals surface area contributed by atoms with Crippen molar-refractivity contribution in [2.45, 2.75) is 4.90 Å². The van der Waals surface area contributed by atoms with E-state index in [0.717, 1.165) is 33.7 Å². The maximum absolute atomic E-state index is 14.0. The molecule has 38 heavy (non-hydrogen) atoms. The van der Waals surface area contributed by atoms with Crippen LogP contribution < -0.4 is 4.72 Å². The Morgan fingerprint density at radius 1 is 0.868 bits per heavy atom. The minimum absolute atomic E-state index is 0.373. The van der Waals surface area contributed by atoms with Crippen LogP contribution in [0.25, 0.3) is 44.4 Å². The Kier molecular flexibility index (Phi) is 6.01. The normalized spacial score (nSPS) is 12.1. The molecular weight excluding hydrogens is 508 g/mol. The average molecular weight is 528 g/mol. The van der Waals surface area contributed by atoms with Crippen LogP contribution in [0, 0.1) is 11.6 Å². The van der Waals surface area contributed by atoms with Crippen molar-refractivity contribution in [1.29, 1.82) is 0 Å². The van der Waals surface area contributed by atoms with Gasteiger partial charge in [-0.15, -0.1) is 0 Å². The number of halogens is 2. The van der Waals surface area contributed by atoms with Gasteiger partial charge < -0.3 is 4.52 Å². The topological polar surface area (TPSA) is 85.8 Å². The highest BCUT2D eigenvalue weighted by atomic mass is 32.2. The van der Waals surface area contributed by atoms with Crippen molar-refractivity contribution in [2.24, 2.45) is 7.05 Å². The summed E-state index contributed by atoms with van der Waals surface area (Å²) in [5.74, 6) is -0.917. The van der Waals surface area contributed by atoms with Crippen LogP contribution in [-0.4, -0.2) is 24.1 Å². The molecule has 6 rings (SSSR count). The molecule has 0 aliphatic carbocycles. The minimum atomic E-state index is -1.55. The number of benzene rings is 3. The van der Waals surface area contributed by atoms with Crippen molar-refractivity contribution < 1.29 is 17.5 Å². The van der Waals surface area contributed by atoms with Gasteiger partial charge in [0.1, 0.15) is 17.9 Å². The molecule has 0 bridgehead atoms. The van der Waals surface area contributed by atoms with Crippen molar-refractivity contribution in [3.8, 4) is 33.6 Å². The fraction of sp³-hybridized carbons (Fsp3) is 0.0357. The first-order chi connectivity index (χ1) is 18.5. The summed E-state index contributed by atoms with van der Waals surface area (Å²) < 4.78 is 50.1. The molecule has 3 aromatic heterocycles. The summed E-state index contributed by atoms with van der Waals surface area (Å²) in [6.07, 6.45) is 4.78. The zero-order valence-electron chi connectivity index (χ0n) is 19.9. The molecule has 188 valence electrons. The van der Waals surface area contributed by atoms with Crippen LogP contribution in [0.15, 0.2) is 101 Å². The van der Waals surface area contributed by atoms with Gasteiger partial charge in [0.05, 0.1) is 16.3 Å². The van der Waals surface area contributed by atoms with Crippen LogP contribution in [0.3, 0.4) is 0 Å². The molecule has 0 spiro atoms. The number of aromatic nitrogens is 4. The molecule has 0 fully saturated rings. The second kappa shape index (κ2) is 9.64. The van der Waals surface area contributed by atoms with Crippen LogP contribution in [0.5, 0.6) is 0 Å². The highest BCUT2D eigenvalue weighted by Crippen LogP contribution is 2.38. The van der Waals surface area contributed by atoms with Crippen LogP contribution in [0.2, 0.25) is 0 Å². The van der Waals surface area contributed by atoms with Gasteiger partial charge in [-0.1, -0.05) is 23.4 Å². The monoisotopic (exact) mass is 527 g/mol. The summed E-state index contributed by atoms with van der Waals surface area (Å²) in [4.78, 5) is 5.24. The quantitative estimate of drug-likeness (QED) is 0.272. The van der Waals surface area contributed by atoms with Gasteiger partial charge in [0.2, 0.25) is 0 Å². The van der Waals surface area contributed by atoms with E-state index in [1.165, 1.54) is 18.4 Å². The van der Waals surface area contributed by atoms with Gasteiger partial charge in [-0.3, -0.25) is 14.4 Å². The number of nitrogens with zero attached hydrogens (tertiary/aromatic N) is 4. The van der Waals surface area contributed by atoms with E-state index < -0.39 is 22.6 Å². The Labute approximate surface area is 218 Å². The van der Waals surface area contributed by atoms with E-state index in [-0.39, 0.29) is 0 Å². The van der Waals surface area contributed by atoms with E-state index in [0.29, 0.717) is 27.5 Å². The Hall–Kier alpha value is -4.70.